The summed E-state index contributed by atoms with van der Waals surface area (Å²) >= 11 is 6.04. The van der Waals surface area contributed by atoms with Crippen LogP contribution in [0.5, 0.6) is 0 Å². The van der Waals surface area contributed by atoms with Crippen LogP contribution in [0, 0.1) is 0 Å². The van der Waals surface area contributed by atoms with Gasteiger partial charge in [-0.2, -0.15) is 0 Å². The molecule has 0 saturated heterocycles. The van der Waals surface area contributed by atoms with Crippen molar-refractivity contribution in [2.24, 2.45) is 0 Å². The Bertz CT molecular complexity index is 828. The SMILES string of the molecule is O=C(CNc1ccccc1Cl)NCCCn1ccc2ccccc21. The fourth-order valence-electron chi connectivity index (χ4n) is 2.66. The summed E-state index contributed by atoms with van der Waals surface area (Å²) in [4.78, 5) is 11.9. The van der Waals surface area contributed by atoms with Crippen molar-refractivity contribution in [3.05, 3.63) is 65.8 Å². The smallest absolute Gasteiger partial charge is 0.239 e. The van der Waals surface area contributed by atoms with Crippen LogP contribution in [0.2, 0.25) is 5.02 Å². The van der Waals surface area contributed by atoms with Crippen LogP contribution in [0.1, 0.15) is 6.42 Å². The third-order valence-corrected chi connectivity index (χ3v) is 4.22. The predicted octanol–water partition coefficient (Wildman–Crippen LogP) is 3.91. The predicted molar refractivity (Wildman–Crippen MR) is 99.5 cm³/mol. The number of anilines is 1. The molecule has 0 aliphatic rings. The Kier molecular flexibility index (Phi) is 5.39. The highest BCUT2D eigenvalue weighted by Gasteiger charge is 2.04. The van der Waals surface area contributed by atoms with Gasteiger partial charge in [-0.1, -0.05) is 41.9 Å². The summed E-state index contributed by atoms with van der Waals surface area (Å²) in [6, 6.07) is 17.8. The van der Waals surface area contributed by atoms with Gasteiger partial charge < -0.3 is 15.2 Å². The zero-order valence-corrected chi connectivity index (χ0v) is 14.1. The van der Waals surface area contributed by atoms with E-state index in [0.717, 1.165) is 18.7 Å². The average Bonchev–Trinajstić information content (AvgIpc) is 3.01. The van der Waals surface area contributed by atoms with Crippen LogP contribution in [-0.2, 0) is 11.3 Å². The van der Waals surface area contributed by atoms with Crippen LogP contribution in [0.3, 0.4) is 0 Å². The molecule has 3 rings (SSSR count). The van der Waals surface area contributed by atoms with Crippen molar-refractivity contribution >= 4 is 34.1 Å². The molecule has 5 heteroatoms. The largest absolute Gasteiger partial charge is 0.375 e. The van der Waals surface area contributed by atoms with Gasteiger partial charge in [-0.15, -0.1) is 0 Å². The average molecular weight is 342 g/mol. The summed E-state index contributed by atoms with van der Waals surface area (Å²) in [7, 11) is 0. The second kappa shape index (κ2) is 7.88. The summed E-state index contributed by atoms with van der Waals surface area (Å²) in [5.41, 5.74) is 2.00. The fraction of sp³-hybridized carbons (Fsp3) is 0.211. The third kappa shape index (κ3) is 4.09. The first-order chi connectivity index (χ1) is 11.7. The highest BCUT2D eigenvalue weighted by molar-refractivity contribution is 6.33. The van der Waals surface area contributed by atoms with Gasteiger partial charge in [0, 0.05) is 24.8 Å². The molecule has 0 radical (unpaired) electrons. The molecule has 24 heavy (non-hydrogen) atoms. The summed E-state index contributed by atoms with van der Waals surface area (Å²) in [5.74, 6) is -0.0349. The molecule has 124 valence electrons. The normalized spacial score (nSPS) is 10.7. The van der Waals surface area contributed by atoms with Gasteiger partial charge in [0.15, 0.2) is 0 Å². The quantitative estimate of drug-likeness (QED) is 0.640. The van der Waals surface area contributed by atoms with E-state index in [1.165, 1.54) is 10.9 Å². The van der Waals surface area contributed by atoms with Gasteiger partial charge in [-0.3, -0.25) is 4.79 Å². The van der Waals surface area contributed by atoms with Crippen molar-refractivity contribution in [2.75, 3.05) is 18.4 Å². The Morgan fingerprint density at radius 1 is 1.04 bits per heavy atom. The molecule has 1 heterocycles. The lowest BCUT2D eigenvalue weighted by Gasteiger charge is -2.09. The summed E-state index contributed by atoms with van der Waals surface area (Å²) in [5, 5.41) is 7.82. The molecule has 0 saturated carbocycles. The molecule has 3 aromatic rings. The van der Waals surface area contributed by atoms with Gasteiger partial charge in [0.2, 0.25) is 5.91 Å². The van der Waals surface area contributed by atoms with Crippen molar-refractivity contribution < 1.29 is 4.79 Å². The lowest BCUT2D eigenvalue weighted by Crippen LogP contribution is -2.31. The van der Waals surface area contributed by atoms with E-state index in [2.05, 4.69) is 39.6 Å². The molecule has 0 aliphatic carbocycles. The first-order valence-electron chi connectivity index (χ1n) is 8.03. The number of amides is 1. The van der Waals surface area contributed by atoms with Gasteiger partial charge >= 0.3 is 0 Å². The molecule has 4 nitrogen and oxygen atoms in total. The first-order valence-corrected chi connectivity index (χ1v) is 8.41. The van der Waals surface area contributed by atoms with E-state index in [-0.39, 0.29) is 12.5 Å². The van der Waals surface area contributed by atoms with E-state index >= 15 is 0 Å². The number of fused-ring (bicyclic) bond motifs is 1. The zero-order chi connectivity index (χ0) is 16.8. The van der Waals surface area contributed by atoms with E-state index in [9.17, 15) is 4.79 Å². The third-order valence-electron chi connectivity index (χ3n) is 3.89. The molecule has 2 aromatic carbocycles. The fourth-order valence-corrected chi connectivity index (χ4v) is 2.86. The zero-order valence-electron chi connectivity index (χ0n) is 13.3. The number of hydrogen-bond acceptors (Lipinski definition) is 2. The van der Waals surface area contributed by atoms with E-state index in [1.54, 1.807) is 6.07 Å². The van der Waals surface area contributed by atoms with Crippen molar-refractivity contribution in [3.63, 3.8) is 0 Å². The number of para-hydroxylation sites is 2. The summed E-state index contributed by atoms with van der Waals surface area (Å²) in [6.45, 7) is 1.75. The minimum absolute atomic E-state index is 0.0349. The second-order valence-corrected chi connectivity index (χ2v) is 6.01. The Morgan fingerprint density at radius 2 is 1.83 bits per heavy atom. The molecule has 1 amide bonds. The number of aromatic nitrogens is 1. The maximum atomic E-state index is 11.9. The number of carbonyl (C=O) groups is 1. The van der Waals surface area contributed by atoms with Gasteiger partial charge in [0.05, 0.1) is 17.3 Å². The number of nitrogens with zero attached hydrogens (tertiary/aromatic N) is 1. The van der Waals surface area contributed by atoms with E-state index in [0.29, 0.717) is 11.6 Å². The van der Waals surface area contributed by atoms with Gasteiger partial charge in [-0.25, -0.2) is 0 Å². The van der Waals surface area contributed by atoms with Crippen molar-refractivity contribution in [1.29, 1.82) is 0 Å². The minimum atomic E-state index is -0.0349. The van der Waals surface area contributed by atoms with E-state index in [1.807, 2.05) is 30.3 Å². The molecule has 1 aromatic heterocycles. The lowest BCUT2D eigenvalue weighted by atomic mass is 10.2. The number of hydrogen-bond donors (Lipinski definition) is 2. The van der Waals surface area contributed by atoms with Crippen LogP contribution >= 0.6 is 11.6 Å². The van der Waals surface area contributed by atoms with Crippen molar-refractivity contribution in [2.45, 2.75) is 13.0 Å². The van der Waals surface area contributed by atoms with Crippen LogP contribution in [-0.4, -0.2) is 23.6 Å². The molecule has 0 fully saturated rings. The van der Waals surface area contributed by atoms with Gasteiger partial charge in [0.1, 0.15) is 0 Å². The number of aryl methyl sites for hydroxylation is 1. The lowest BCUT2D eigenvalue weighted by molar-refractivity contribution is -0.119. The Labute approximate surface area is 146 Å². The van der Waals surface area contributed by atoms with Crippen LogP contribution in [0.25, 0.3) is 10.9 Å². The molecule has 0 bridgehead atoms. The van der Waals surface area contributed by atoms with Gasteiger partial charge in [0.25, 0.3) is 0 Å². The monoisotopic (exact) mass is 341 g/mol. The second-order valence-electron chi connectivity index (χ2n) is 5.60. The Morgan fingerprint density at radius 3 is 2.71 bits per heavy atom. The number of nitrogens with one attached hydrogen (secondary N) is 2. The summed E-state index contributed by atoms with van der Waals surface area (Å²) in [6.07, 6.45) is 2.97. The van der Waals surface area contributed by atoms with Crippen LogP contribution in [0.15, 0.2) is 60.8 Å². The number of carbonyl (C=O) groups excluding carboxylic acids is 1. The number of halogens is 1. The molecule has 2 N–H and O–H groups in total. The van der Waals surface area contributed by atoms with Crippen LogP contribution in [0.4, 0.5) is 5.69 Å². The standard InChI is InChI=1S/C19H20ClN3O/c20-16-7-2-3-8-17(16)22-14-19(24)21-11-5-12-23-13-10-15-6-1-4-9-18(15)23/h1-4,6-10,13,22H,5,11-12,14H2,(H,21,24). The Balaban J connectivity index is 1.40. The van der Waals surface area contributed by atoms with Crippen molar-refractivity contribution in [1.82, 2.24) is 9.88 Å². The minimum Gasteiger partial charge on any atom is -0.375 e. The van der Waals surface area contributed by atoms with E-state index in [4.69, 9.17) is 11.6 Å². The number of benzene rings is 2. The topological polar surface area (TPSA) is 46.1 Å². The molecule has 0 atom stereocenters. The molecule has 0 aliphatic heterocycles. The van der Waals surface area contributed by atoms with Gasteiger partial charge in [-0.05, 0) is 36.1 Å². The molecular formula is C19H20ClN3O. The highest BCUT2D eigenvalue weighted by Crippen LogP contribution is 2.19. The van der Waals surface area contributed by atoms with Crippen LogP contribution < -0.4 is 10.6 Å². The first kappa shape index (κ1) is 16.4. The maximum absolute atomic E-state index is 11.9. The Hall–Kier alpha value is -2.46. The number of rotatable bonds is 7. The highest BCUT2D eigenvalue weighted by atomic mass is 35.5. The van der Waals surface area contributed by atoms with Crippen molar-refractivity contribution in [3.8, 4) is 0 Å². The molecule has 0 unspecified atom stereocenters. The molecular weight excluding hydrogens is 322 g/mol. The molecule has 0 spiro atoms. The van der Waals surface area contributed by atoms with E-state index < -0.39 is 0 Å². The maximum Gasteiger partial charge on any atom is 0.239 e. The summed E-state index contributed by atoms with van der Waals surface area (Å²) < 4.78 is 2.21.